The number of H-pyrrole nitrogens is 2. The SMILES string of the molecule is Cc1cnc(CCNCc2cn[nH]c2-c2cccc3ccccc23)[nH]1. The van der Waals surface area contributed by atoms with Crippen molar-refractivity contribution in [1.82, 2.24) is 25.5 Å². The molecule has 0 spiro atoms. The van der Waals surface area contributed by atoms with E-state index in [-0.39, 0.29) is 0 Å². The minimum absolute atomic E-state index is 0.773. The molecule has 2 aromatic carbocycles. The first kappa shape index (κ1) is 15.6. The molecule has 2 heterocycles. The van der Waals surface area contributed by atoms with E-state index in [9.17, 15) is 0 Å². The van der Waals surface area contributed by atoms with Crippen molar-refractivity contribution in [3.8, 4) is 11.3 Å². The van der Waals surface area contributed by atoms with Crippen LogP contribution in [0.2, 0.25) is 0 Å². The lowest BCUT2D eigenvalue weighted by Gasteiger charge is -2.08. The molecular weight excluding hydrogens is 310 g/mol. The van der Waals surface area contributed by atoms with E-state index in [4.69, 9.17) is 0 Å². The van der Waals surface area contributed by atoms with Gasteiger partial charge in [-0.1, -0.05) is 42.5 Å². The molecule has 25 heavy (non-hydrogen) atoms. The zero-order valence-electron chi connectivity index (χ0n) is 14.2. The van der Waals surface area contributed by atoms with Gasteiger partial charge in [0.15, 0.2) is 0 Å². The normalized spacial score (nSPS) is 11.2. The number of rotatable bonds is 6. The second-order valence-corrected chi connectivity index (χ2v) is 6.24. The zero-order valence-corrected chi connectivity index (χ0v) is 14.2. The van der Waals surface area contributed by atoms with Crippen LogP contribution in [0.5, 0.6) is 0 Å². The summed E-state index contributed by atoms with van der Waals surface area (Å²) in [6.07, 6.45) is 4.65. The molecule has 0 radical (unpaired) electrons. The lowest BCUT2D eigenvalue weighted by Crippen LogP contribution is -2.17. The summed E-state index contributed by atoms with van der Waals surface area (Å²) >= 11 is 0. The first-order valence-corrected chi connectivity index (χ1v) is 8.53. The van der Waals surface area contributed by atoms with Crippen molar-refractivity contribution in [2.24, 2.45) is 0 Å². The van der Waals surface area contributed by atoms with Gasteiger partial charge in [-0.25, -0.2) is 4.98 Å². The summed E-state index contributed by atoms with van der Waals surface area (Å²) in [5.41, 5.74) is 4.54. The quantitative estimate of drug-likeness (QED) is 0.473. The molecule has 5 heteroatoms. The Morgan fingerprint density at radius 2 is 1.92 bits per heavy atom. The fourth-order valence-electron chi connectivity index (χ4n) is 3.15. The molecule has 0 aliphatic carbocycles. The number of aromatic amines is 2. The van der Waals surface area contributed by atoms with Crippen molar-refractivity contribution in [3.63, 3.8) is 0 Å². The highest BCUT2D eigenvalue weighted by Crippen LogP contribution is 2.29. The molecule has 0 atom stereocenters. The number of hydrogen-bond acceptors (Lipinski definition) is 3. The maximum absolute atomic E-state index is 4.34. The van der Waals surface area contributed by atoms with Crippen molar-refractivity contribution in [2.45, 2.75) is 19.9 Å². The number of hydrogen-bond donors (Lipinski definition) is 3. The van der Waals surface area contributed by atoms with E-state index in [1.165, 1.54) is 21.9 Å². The molecule has 0 aliphatic rings. The summed E-state index contributed by atoms with van der Waals surface area (Å²) in [6, 6.07) is 14.8. The van der Waals surface area contributed by atoms with Crippen molar-refractivity contribution >= 4 is 10.8 Å². The third-order valence-electron chi connectivity index (χ3n) is 4.39. The van der Waals surface area contributed by atoms with Gasteiger partial charge in [0.2, 0.25) is 0 Å². The molecule has 0 fully saturated rings. The molecule has 0 amide bonds. The molecule has 0 aliphatic heterocycles. The van der Waals surface area contributed by atoms with Gasteiger partial charge in [-0.2, -0.15) is 5.10 Å². The molecular formula is C20H21N5. The van der Waals surface area contributed by atoms with E-state index in [0.29, 0.717) is 0 Å². The molecule has 0 saturated carbocycles. The fourth-order valence-corrected chi connectivity index (χ4v) is 3.15. The summed E-state index contributed by atoms with van der Waals surface area (Å²) < 4.78 is 0. The van der Waals surface area contributed by atoms with Gasteiger partial charge in [0.25, 0.3) is 0 Å². The maximum atomic E-state index is 4.34. The van der Waals surface area contributed by atoms with Crippen molar-refractivity contribution in [3.05, 3.63) is 71.9 Å². The Morgan fingerprint density at radius 1 is 1.04 bits per heavy atom. The van der Waals surface area contributed by atoms with Gasteiger partial charge >= 0.3 is 0 Å². The molecule has 4 aromatic rings. The van der Waals surface area contributed by atoms with E-state index in [1.807, 2.05) is 19.3 Å². The Hall–Kier alpha value is -2.92. The van der Waals surface area contributed by atoms with Gasteiger partial charge in [0.05, 0.1) is 11.9 Å². The van der Waals surface area contributed by atoms with Gasteiger partial charge in [0, 0.05) is 42.5 Å². The van der Waals surface area contributed by atoms with Gasteiger partial charge < -0.3 is 10.3 Å². The van der Waals surface area contributed by atoms with Crippen LogP contribution in [0.1, 0.15) is 17.1 Å². The maximum Gasteiger partial charge on any atom is 0.107 e. The Morgan fingerprint density at radius 3 is 2.80 bits per heavy atom. The number of aromatic nitrogens is 4. The van der Waals surface area contributed by atoms with Gasteiger partial charge in [-0.3, -0.25) is 5.10 Å². The monoisotopic (exact) mass is 331 g/mol. The molecule has 3 N–H and O–H groups in total. The second kappa shape index (κ2) is 6.91. The molecule has 2 aromatic heterocycles. The number of imidazole rings is 1. The molecule has 126 valence electrons. The summed E-state index contributed by atoms with van der Waals surface area (Å²) in [6.45, 7) is 3.66. The van der Waals surface area contributed by atoms with Crippen LogP contribution in [0.25, 0.3) is 22.0 Å². The van der Waals surface area contributed by atoms with Gasteiger partial charge in [-0.05, 0) is 17.7 Å². The standard InChI is InChI=1S/C20H21N5/c1-14-11-22-19(24-14)9-10-21-12-16-13-23-25-20(16)18-8-4-6-15-5-2-3-7-17(15)18/h2-8,11,13,21H,9-10,12H2,1H3,(H,22,24)(H,23,25). The van der Waals surface area contributed by atoms with Crippen LogP contribution in [0.4, 0.5) is 0 Å². The molecule has 4 rings (SSSR count). The van der Waals surface area contributed by atoms with Crippen LogP contribution in [0.3, 0.4) is 0 Å². The largest absolute Gasteiger partial charge is 0.346 e. The van der Waals surface area contributed by atoms with E-state index in [2.05, 4.69) is 67.9 Å². The third kappa shape index (κ3) is 3.32. The van der Waals surface area contributed by atoms with Crippen LogP contribution in [0, 0.1) is 6.92 Å². The number of benzene rings is 2. The first-order chi connectivity index (χ1) is 12.3. The van der Waals surface area contributed by atoms with Crippen molar-refractivity contribution in [2.75, 3.05) is 6.54 Å². The van der Waals surface area contributed by atoms with Crippen LogP contribution in [0.15, 0.2) is 54.9 Å². The molecule has 0 saturated heterocycles. The van der Waals surface area contributed by atoms with Crippen LogP contribution < -0.4 is 5.32 Å². The summed E-state index contributed by atoms with van der Waals surface area (Å²) in [7, 11) is 0. The fraction of sp³-hybridized carbons (Fsp3) is 0.200. The Kier molecular flexibility index (Phi) is 4.31. The topological polar surface area (TPSA) is 69.4 Å². The van der Waals surface area contributed by atoms with Crippen molar-refractivity contribution in [1.29, 1.82) is 0 Å². The second-order valence-electron chi connectivity index (χ2n) is 6.24. The minimum Gasteiger partial charge on any atom is -0.346 e. The Labute approximate surface area is 146 Å². The Bertz CT molecular complexity index is 977. The van der Waals surface area contributed by atoms with Crippen LogP contribution in [-0.4, -0.2) is 26.7 Å². The number of nitrogens with zero attached hydrogens (tertiary/aromatic N) is 2. The van der Waals surface area contributed by atoms with Crippen LogP contribution in [-0.2, 0) is 13.0 Å². The summed E-state index contributed by atoms with van der Waals surface area (Å²) in [5.74, 6) is 1.02. The minimum atomic E-state index is 0.773. The molecule has 0 bridgehead atoms. The smallest absolute Gasteiger partial charge is 0.107 e. The van der Waals surface area contributed by atoms with Gasteiger partial charge in [0.1, 0.15) is 5.82 Å². The van der Waals surface area contributed by atoms with Crippen LogP contribution >= 0.6 is 0 Å². The van der Waals surface area contributed by atoms with Crippen molar-refractivity contribution < 1.29 is 0 Å². The predicted molar refractivity (Wildman–Crippen MR) is 100 cm³/mol. The summed E-state index contributed by atoms with van der Waals surface area (Å²) in [5, 5.41) is 13.4. The molecule has 0 unspecified atom stereocenters. The number of aryl methyl sites for hydroxylation is 1. The lowest BCUT2D eigenvalue weighted by atomic mass is 10.00. The average Bonchev–Trinajstić information content (AvgIpc) is 3.27. The highest BCUT2D eigenvalue weighted by molar-refractivity contribution is 5.96. The highest BCUT2D eigenvalue weighted by atomic mass is 15.1. The summed E-state index contributed by atoms with van der Waals surface area (Å²) in [4.78, 5) is 7.59. The predicted octanol–water partition coefficient (Wildman–Crippen LogP) is 3.59. The molecule has 5 nitrogen and oxygen atoms in total. The first-order valence-electron chi connectivity index (χ1n) is 8.53. The van der Waals surface area contributed by atoms with E-state index in [1.54, 1.807) is 0 Å². The zero-order chi connectivity index (χ0) is 17.1. The van der Waals surface area contributed by atoms with E-state index >= 15 is 0 Å². The Balaban J connectivity index is 1.48. The van der Waals surface area contributed by atoms with Gasteiger partial charge in [-0.15, -0.1) is 0 Å². The van der Waals surface area contributed by atoms with E-state index in [0.717, 1.165) is 36.7 Å². The third-order valence-corrected chi connectivity index (χ3v) is 4.39. The highest BCUT2D eigenvalue weighted by Gasteiger charge is 2.10. The van der Waals surface area contributed by atoms with E-state index < -0.39 is 0 Å². The lowest BCUT2D eigenvalue weighted by molar-refractivity contribution is 0.674. The number of nitrogens with one attached hydrogen (secondary N) is 3. The average molecular weight is 331 g/mol. The number of fused-ring (bicyclic) bond motifs is 1.